The zero-order valence-electron chi connectivity index (χ0n) is 10.2. The van der Waals surface area contributed by atoms with Crippen LogP contribution in [0, 0.1) is 24.1 Å². The molecule has 0 saturated heterocycles. The molecule has 0 fully saturated rings. The van der Waals surface area contributed by atoms with Crippen LogP contribution < -0.4 is 4.74 Å². The molecule has 3 heteroatoms. The number of nitrogens with zero attached hydrogens (tertiary/aromatic N) is 1. The van der Waals surface area contributed by atoms with Gasteiger partial charge in [-0.2, -0.15) is 5.26 Å². The number of rotatable bonds is 2. The topological polar surface area (TPSA) is 33.0 Å². The van der Waals surface area contributed by atoms with Crippen LogP contribution in [0.3, 0.4) is 0 Å². The van der Waals surface area contributed by atoms with Crippen LogP contribution in [0.2, 0.25) is 0 Å². The quantitative estimate of drug-likeness (QED) is 0.803. The Kier molecular flexibility index (Phi) is 3.29. The van der Waals surface area contributed by atoms with E-state index in [1.54, 1.807) is 18.2 Å². The van der Waals surface area contributed by atoms with E-state index in [0.29, 0.717) is 22.4 Å². The lowest BCUT2D eigenvalue weighted by molar-refractivity contribution is 0.411. The second kappa shape index (κ2) is 4.89. The fourth-order valence-electron chi connectivity index (χ4n) is 1.82. The summed E-state index contributed by atoms with van der Waals surface area (Å²) < 4.78 is 18.9. The lowest BCUT2D eigenvalue weighted by atomic mass is 9.98. The summed E-state index contributed by atoms with van der Waals surface area (Å²) in [6, 6.07) is 12.1. The third-order valence-corrected chi connectivity index (χ3v) is 2.76. The van der Waals surface area contributed by atoms with Gasteiger partial charge in [0.05, 0.1) is 18.7 Å². The van der Waals surface area contributed by atoms with Crippen LogP contribution in [0.25, 0.3) is 11.1 Å². The summed E-state index contributed by atoms with van der Waals surface area (Å²) in [7, 11) is 1.49. The first-order valence-corrected chi connectivity index (χ1v) is 5.50. The van der Waals surface area contributed by atoms with E-state index in [2.05, 4.69) is 6.07 Å². The molecule has 0 aliphatic rings. The molecule has 0 heterocycles. The normalized spacial score (nSPS) is 9.89. The Bertz CT molecular complexity index is 629. The largest absolute Gasteiger partial charge is 0.497 e. The van der Waals surface area contributed by atoms with Crippen molar-refractivity contribution < 1.29 is 9.13 Å². The Labute approximate surface area is 105 Å². The van der Waals surface area contributed by atoms with Crippen LogP contribution in [0.1, 0.15) is 11.1 Å². The maximum atomic E-state index is 14.0. The number of nitriles is 1. The Morgan fingerprint density at radius 2 is 1.89 bits per heavy atom. The van der Waals surface area contributed by atoms with E-state index in [0.717, 1.165) is 5.56 Å². The van der Waals surface area contributed by atoms with Crippen molar-refractivity contribution in [3.8, 4) is 22.9 Å². The fourth-order valence-corrected chi connectivity index (χ4v) is 1.82. The van der Waals surface area contributed by atoms with Crippen LogP contribution in [0.5, 0.6) is 5.75 Å². The molecule has 0 spiro atoms. The van der Waals surface area contributed by atoms with Gasteiger partial charge < -0.3 is 4.74 Å². The van der Waals surface area contributed by atoms with Gasteiger partial charge in [-0.3, -0.25) is 0 Å². The first-order chi connectivity index (χ1) is 8.65. The molecule has 0 aliphatic carbocycles. The third-order valence-electron chi connectivity index (χ3n) is 2.76. The van der Waals surface area contributed by atoms with Crippen LogP contribution >= 0.6 is 0 Å². The van der Waals surface area contributed by atoms with Gasteiger partial charge >= 0.3 is 0 Å². The number of halogens is 1. The third kappa shape index (κ3) is 2.18. The summed E-state index contributed by atoms with van der Waals surface area (Å²) in [5, 5.41) is 9.07. The summed E-state index contributed by atoms with van der Waals surface area (Å²) in [6.45, 7) is 1.91. The second-order valence-corrected chi connectivity index (χ2v) is 4.01. The van der Waals surface area contributed by atoms with Crippen molar-refractivity contribution in [1.82, 2.24) is 0 Å². The molecule has 2 aromatic carbocycles. The molecule has 90 valence electrons. The van der Waals surface area contributed by atoms with Crippen LogP contribution in [-0.4, -0.2) is 7.11 Å². The summed E-state index contributed by atoms with van der Waals surface area (Å²) in [5.41, 5.74) is 2.47. The van der Waals surface area contributed by atoms with Crippen molar-refractivity contribution in [3.05, 3.63) is 53.3 Å². The molecule has 0 aromatic heterocycles. The molecule has 0 bridgehead atoms. The molecule has 0 unspecified atom stereocenters. The van der Waals surface area contributed by atoms with Crippen molar-refractivity contribution in [2.75, 3.05) is 7.11 Å². The number of hydrogen-bond acceptors (Lipinski definition) is 2. The van der Waals surface area contributed by atoms with E-state index in [9.17, 15) is 4.39 Å². The number of methoxy groups -OCH3 is 1. The molecule has 0 atom stereocenters. The van der Waals surface area contributed by atoms with E-state index < -0.39 is 5.82 Å². The highest BCUT2D eigenvalue weighted by atomic mass is 19.1. The highest BCUT2D eigenvalue weighted by molar-refractivity contribution is 5.72. The SMILES string of the molecule is COc1ccc(-c2cc(C)ccc2C#N)c(F)c1. The maximum Gasteiger partial charge on any atom is 0.134 e. The summed E-state index contributed by atoms with van der Waals surface area (Å²) in [4.78, 5) is 0. The second-order valence-electron chi connectivity index (χ2n) is 4.01. The van der Waals surface area contributed by atoms with E-state index in [1.165, 1.54) is 13.2 Å². The zero-order chi connectivity index (χ0) is 13.1. The van der Waals surface area contributed by atoms with Gasteiger partial charge in [-0.05, 0) is 25.1 Å². The van der Waals surface area contributed by atoms with E-state index in [-0.39, 0.29) is 0 Å². The summed E-state index contributed by atoms with van der Waals surface area (Å²) in [5.74, 6) is 0.0684. The average Bonchev–Trinajstić information content (AvgIpc) is 2.38. The monoisotopic (exact) mass is 241 g/mol. The molecule has 0 amide bonds. The van der Waals surface area contributed by atoms with Crippen LogP contribution in [-0.2, 0) is 0 Å². The molecular weight excluding hydrogens is 229 g/mol. The van der Waals surface area contributed by atoms with Gasteiger partial charge in [-0.1, -0.05) is 17.7 Å². The minimum absolute atomic E-state index is 0.392. The van der Waals surface area contributed by atoms with Crippen molar-refractivity contribution in [3.63, 3.8) is 0 Å². The first kappa shape index (κ1) is 12.1. The molecule has 0 aliphatic heterocycles. The molecule has 2 aromatic rings. The first-order valence-electron chi connectivity index (χ1n) is 5.50. The Morgan fingerprint density at radius 3 is 2.50 bits per heavy atom. The highest BCUT2D eigenvalue weighted by Crippen LogP contribution is 2.29. The van der Waals surface area contributed by atoms with Crippen molar-refractivity contribution in [1.29, 1.82) is 5.26 Å². The van der Waals surface area contributed by atoms with Gasteiger partial charge in [0.1, 0.15) is 11.6 Å². The lowest BCUT2D eigenvalue weighted by Crippen LogP contribution is -1.91. The van der Waals surface area contributed by atoms with E-state index >= 15 is 0 Å². The smallest absolute Gasteiger partial charge is 0.134 e. The van der Waals surface area contributed by atoms with Gasteiger partial charge in [0.15, 0.2) is 0 Å². The number of hydrogen-bond donors (Lipinski definition) is 0. The fraction of sp³-hybridized carbons (Fsp3) is 0.133. The van der Waals surface area contributed by atoms with Gasteiger partial charge in [0, 0.05) is 17.2 Å². The molecule has 0 radical (unpaired) electrons. The van der Waals surface area contributed by atoms with Gasteiger partial charge in [-0.15, -0.1) is 0 Å². The van der Waals surface area contributed by atoms with E-state index in [4.69, 9.17) is 10.00 Å². The predicted molar refractivity (Wildman–Crippen MR) is 67.8 cm³/mol. The molecule has 2 nitrogen and oxygen atoms in total. The standard InChI is InChI=1S/C15H12FNO/c1-10-3-4-11(9-17)14(7-10)13-6-5-12(18-2)8-15(13)16/h3-8H,1-2H3. The van der Waals surface area contributed by atoms with Gasteiger partial charge in [-0.25, -0.2) is 4.39 Å². The minimum atomic E-state index is -0.392. The van der Waals surface area contributed by atoms with Crippen molar-refractivity contribution in [2.45, 2.75) is 6.92 Å². The Morgan fingerprint density at radius 1 is 1.11 bits per heavy atom. The van der Waals surface area contributed by atoms with Crippen LogP contribution in [0.4, 0.5) is 4.39 Å². The van der Waals surface area contributed by atoms with Crippen molar-refractivity contribution in [2.24, 2.45) is 0 Å². The average molecular weight is 241 g/mol. The maximum absolute atomic E-state index is 14.0. The van der Waals surface area contributed by atoms with E-state index in [1.807, 2.05) is 19.1 Å². The molecule has 0 N–H and O–H groups in total. The molecule has 0 saturated carbocycles. The highest BCUT2D eigenvalue weighted by Gasteiger charge is 2.11. The molecule has 2 rings (SSSR count). The minimum Gasteiger partial charge on any atom is -0.497 e. The molecule has 18 heavy (non-hydrogen) atoms. The summed E-state index contributed by atoms with van der Waals surface area (Å²) >= 11 is 0. The number of aryl methyl sites for hydroxylation is 1. The Balaban J connectivity index is 2.62. The summed E-state index contributed by atoms with van der Waals surface area (Å²) in [6.07, 6.45) is 0. The zero-order valence-corrected chi connectivity index (χ0v) is 10.2. The molecular formula is C15H12FNO. The predicted octanol–water partition coefficient (Wildman–Crippen LogP) is 3.68. The van der Waals surface area contributed by atoms with Gasteiger partial charge in [0.2, 0.25) is 0 Å². The van der Waals surface area contributed by atoms with Gasteiger partial charge in [0.25, 0.3) is 0 Å². The lowest BCUT2D eigenvalue weighted by Gasteiger charge is -2.08. The van der Waals surface area contributed by atoms with Crippen molar-refractivity contribution >= 4 is 0 Å². The number of benzene rings is 2. The Hall–Kier alpha value is -2.34. The van der Waals surface area contributed by atoms with Crippen LogP contribution in [0.15, 0.2) is 36.4 Å². The number of ether oxygens (including phenoxy) is 1.